The number of aromatic nitrogens is 1. The first-order valence-corrected chi connectivity index (χ1v) is 10.2. The van der Waals surface area contributed by atoms with Gasteiger partial charge in [0.2, 0.25) is 0 Å². The highest BCUT2D eigenvalue weighted by Gasteiger charge is 2.15. The average Bonchev–Trinajstić information content (AvgIpc) is 2.78. The SMILES string of the molecule is CN=C(NCc1ccc(N2CCN(C)CC2)nc1)NCC(CO)c1ccccc1.I. The van der Waals surface area contributed by atoms with Gasteiger partial charge in [-0.25, -0.2) is 4.98 Å². The van der Waals surface area contributed by atoms with E-state index in [0.29, 0.717) is 19.0 Å². The lowest BCUT2D eigenvalue weighted by Crippen LogP contribution is -2.44. The normalized spacial score (nSPS) is 16.0. The van der Waals surface area contributed by atoms with Gasteiger partial charge in [-0.05, 0) is 24.2 Å². The highest BCUT2D eigenvalue weighted by molar-refractivity contribution is 14.0. The quantitative estimate of drug-likeness (QED) is 0.292. The molecule has 0 amide bonds. The Bertz CT molecular complexity index is 763. The van der Waals surface area contributed by atoms with Crippen molar-refractivity contribution < 1.29 is 5.11 Å². The van der Waals surface area contributed by atoms with Crippen molar-refractivity contribution in [3.8, 4) is 0 Å². The largest absolute Gasteiger partial charge is 0.396 e. The van der Waals surface area contributed by atoms with Gasteiger partial charge in [-0.15, -0.1) is 24.0 Å². The second-order valence-corrected chi connectivity index (χ2v) is 7.41. The molecule has 1 fully saturated rings. The Morgan fingerprint density at radius 1 is 1.10 bits per heavy atom. The zero-order valence-electron chi connectivity index (χ0n) is 17.8. The smallest absolute Gasteiger partial charge is 0.191 e. The second-order valence-electron chi connectivity index (χ2n) is 7.41. The van der Waals surface area contributed by atoms with Crippen LogP contribution in [0.5, 0.6) is 0 Å². The van der Waals surface area contributed by atoms with Gasteiger partial charge in [-0.3, -0.25) is 4.99 Å². The number of likely N-dealkylation sites (N-methyl/N-ethyl adjacent to an activating group) is 1. The van der Waals surface area contributed by atoms with E-state index in [1.165, 1.54) is 0 Å². The highest BCUT2D eigenvalue weighted by atomic mass is 127. The monoisotopic (exact) mass is 524 g/mol. The number of nitrogens with one attached hydrogen (secondary N) is 2. The van der Waals surface area contributed by atoms with Crippen LogP contribution in [-0.2, 0) is 6.54 Å². The molecule has 164 valence electrons. The van der Waals surface area contributed by atoms with Crippen molar-refractivity contribution in [3.05, 3.63) is 59.8 Å². The molecule has 1 aliphatic rings. The predicted octanol–water partition coefficient (Wildman–Crippen LogP) is 1.89. The molecule has 0 radical (unpaired) electrons. The van der Waals surface area contributed by atoms with Crippen molar-refractivity contribution >= 4 is 35.8 Å². The van der Waals surface area contributed by atoms with Crippen LogP contribution in [-0.4, -0.2) is 74.4 Å². The highest BCUT2D eigenvalue weighted by Crippen LogP contribution is 2.14. The van der Waals surface area contributed by atoms with Crippen LogP contribution in [0.2, 0.25) is 0 Å². The number of anilines is 1. The van der Waals surface area contributed by atoms with Crippen molar-refractivity contribution in [3.63, 3.8) is 0 Å². The van der Waals surface area contributed by atoms with Gasteiger partial charge < -0.3 is 25.5 Å². The van der Waals surface area contributed by atoms with Crippen molar-refractivity contribution in [2.45, 2.75) is 12.5 Å². The zero-order chi connectivity index (χ0) is 20.5. The zero-order valence-corrected chi connectivity index (χ0v) is 20.1. The van der Waals surface area contributed by atoms with Crippen molar-refractivity contribution in [2.24, 2.45) is 4.99 Å². The maximum absolute atomic E-state index is 9.71. The minimum Gasteiger partial charge on any atom is -0.396 e. The Hall–Kier alpha value is -1.91. The Morgan fingerprint density at radius 3 is 2.43 bits per heavy atom. The number of guanidine groups is 1. The molecule has 0 bridgehead atoms. The summed E-state index contributed by atoms with van der Waals surface area (Å²) in [5, 5.41) is 16.3. The first kappa shape index (κ1) is 24.4. The Labute approximate surface area is 196 Å². The summed E-state index contributed by atoms with van der Waals surface area (Å²) in [4.78, 5) is 13.6. The number of piperazine rings is 1. The lowest BCUT2D eigenvalue weighted by Gasteiger charge is -2.33. The minimum absolute atomic E-state index is 0. The molecule has 0 spiro atoms. The fraction of sp³-hybridized carbons (Fsp3) is 0.455. The topological polar surface area (TPSA) is 76.0 Å². The van der Waals surface area contributed by atoms with E-state index in [9.17, 15) is 5.11 Å². The molecule has 0 saturated carbocycles. The first-order chi connectivity index (χ1) is 14.2. The van der Waals surface area contributed by atoms with E-state index >= 15 is 0 Å². The minimum atomic E-state index is 0. The van der Waals surface area contributed by atoms with Gasteiger partial charge in [-0.1, -0.05) is 36.4 Å². The predicted molar refractivity (Wildman–Crippen MR) is 134 cm³/mol. The Kier molecular flexibility index (Phi) is 10.3. The summed E-state index contributed by atoms with van der Waals surface area (Å²) in [6.45, 7) is 5.53. The number of pyridine rings is 1. The molecule has 1 saturated heterocycles. The third kappa shape index (κ3) is 7.10. The van der Waals surface area contributed by atoms with Crippen molar-refractivity contribution in [2.75, 3.05) is 58.3 Å². The van der Waals surface area contributed by atoms with Crippen LogP contribution >= 0.6 is 24.0 Å². The number of hydrogen-bond donors (Lipinski definition) is 3. The van der Waals surface area contributed by atoms with Crippen molar-refractivity contribution in [1.82, 2.24) is 20.5 Å². The molecule has 1 aromatic heterocycles. The number of halogens is 1. The summed E-state index contributed by atoms with van der Waals surface area (Å²) in [6, 6.07) is 14.2. The maximum atomic E-state index is 9.71. The van der Waals surface area contributed by atoms with Gasteiger partial charge >= 0.3 is 0 Å². The van der Waals surface area contributed by atoms with Gasteiger partial charge in [0.15, 0.2) is 5.96 Å². The molecule has 1 atom stereocenters. The summed E-state index contributed by atoms with van der Waals surface area (Å²) in [5.41, 5.74) is 2.22. The van der Waals surface area contributed by atoms with E-state index in [0.717, 1.165) is 43.1 Å². The molecule has 1 aromatic carbocycles. The molecule has 1 unspecified atom stereocenters. The van der Waals surface area contributed by atoms with Crippen LogP contribution in [0.3, 0.4) is 0 Å². The number of rotatable bonds is 7. The number of benzene rings is 1. The van der Waals surface area contributed by atoms with E-state index < -0.39 is 0 Å². The van der Waals surface area contributed by atoms with E-state index in [4.69, 9.17) is 0 Å². The van der Waals surface area contributed by atoms with Gasteiger partial charge in [0.25, 0.3) is 0 Å². The molecule has 2 heterocycles. The molecule has 8 heteroatoms. The first-order valence-electron chi connectivity index (χ1n) is 10.2. The molecule has 30 heavy (non-hydrogen) atoms. The third-order valence-electron chi connectivity index (χ3n) is 5.33. The van der Waals surface area contributed by atoms with E-state index in [-0.39, 0.29) is 36.5 Å². The number of nitrogens with zero attached hydrogens (tertiary/aromatic N) is 4. The molecular weight excluding hydrogens is 491 g/mol. The van der Waals surface area contributed by atoms with Gasteiger partial charge in [0.05, 0.1) is 6.61 Å². The van der Waals surface area contributed by atoms with E-state index in [1.54, 1.807) is 7.05 Å². The molecule has 0 aliphatic carbocycles. The maximum Gasteiger partial charge on any atom is 0.191 e. The molecule has 2 aromatic rings. The summed E-state index contributed by atoms with van der Waals surface area (Å²) in [5.74, 6) is 1.78. The van der Waals surface area contributed by atoms with Crippen LogP contribution in [0.15, 0.2) is 53.7 Å². The summed E-state index contributed by atoms with van der Waals surface area (Å²) in [7, 11) is 3.91. The van der Waals surface area contributed by atoms with Gasteiger partial charge in [0.1, 0.15) is 5.82 Å². The van der Waals surface area contributed by atoms with Gasteiger partial charge in [-0.2, -0.15) is 0 Å². The summed E-state index contributed by atoms with van der Waals surface area (Å²) >= 11 is 0. The molecular formula is C22H33IN6O. The Morgan fingerprint density at radius 2 is 1.83 bits per heavy atom. The van der Waals surface area contributed by atoms with Gasteiger partial charge in [0, 0.05) is 58.4 Å². The fourth-order valence-corrected chi connectivity index (χ4v) is 3.38. The second kappa shape index (κ2) is 12.7. The average molecular weight is 524 g/mol. The molecule has 3 rings (SSSR count). The van der Waals surface area contributed by atoms with E-state index in [2.05, 4.69) is 49.6 Å². The number of aliphatic hydroxyl groups is 1. The number of aliphatic imine (C=N–C) groups is 1. The van der Waals surface area contributed by atoms with Crippen LogP contribution < -0.4 is 15.5 Å². The van der Waals surface area contributed by atoms with Crippen molar-refractivity contribution in [1.29, 1.82) is 0 Å². The number of aliphatic hydroxyl groups excluding tert-OH is 1. The van der Waals surface area contributed by atoms with Crippen LogP contribution in [0.25, 0.3) is 0 Å². The molecule has 1 aliphatic heterocycles. The van der Waals surface area contributed by atoms with Crippen LogP contribution in [0.4, 0.5) is 5.82 Å². The standard InChI is InChI=1S/C22H32N6O.HI/c1-23-22(26-16-20(17-29)19-6-4-3-5-7-19)25-15-18-8-9-21(24-14-18)28-12-10-27(2)11-13-28;/h3-9,14,20,29H,10-13,15-17H2,1-2H3,(H2,23,25,26);1H. The van der Waals surface area contributed by atoms with Crippen LogP contribution in [0.1, 0.15) is 17.0 Å². The summed E-state index contributed by atoms with van der Waals surface area (Å²) < 4.78 is 0. The fourth-order valence-electron chi connectivity index (χ4n) is 3.38. The number of hydrogen-bond acceptors (Lipinski definition) is 5. The lowest BCUT2D eigenvalue weighted by atomic mass is 10.0. The Balaban J connectivity index is 0.00000320. The lowest BCUT2D eigenvalue weighted by molar-refractivity contribution is 0.265. The summed E-state index contributed by atoms with van der Waals surface area (Å²) in [6.07, 6.45) is 1.93. The van der Waals surface area contributed by atoms with Crippen LogP contribution in [0, 0.1) is 0 Å². The van der Waals surface area contributed by atoms with E-state index in [1.807, 2.05) is 36.5 Å². The molecule has 3 N–H and O–H groups in total. The third-order valence-corrected chi connectivity index (χ3v) is 5.33. The molecule has 7 nitrogen and oxygen atoms in total.